The zero-order valence-corrected chi connectivity index (χ0v) is 4.71. The summed E-state index contributed by atoms with van der Waals surface area (Å²) < 4.78 is 5.30. The molecule has 2 atom stereocenters. The number of ether oxygens (including phenoxy) is 1. The molecule has 2 N–H and O–H groups in total. The predicted octanol–water partition coefficient (Wildman–Crippen LogP) is -0.667. The number of hydrazine groups is 1. The molecule has 3 nitrogen and oxygen atoms in total. The van der Waals surface area contributed by atoms with Gasteiger partial charge >= 0.3 is 0 Å². The maximum atomic E-state index is 5.57. The Morgan fingerprint density at radius 2 is 2.50 bits per heavy atom. The molecule has 2 aliphatic rings. The minimum Gasteiger partial charge on any atom is -0.375 e. The van der Waals surface area contributed by atoms with Crippen molar-refractivity contribution in [1.82, 2.24) is 5.01 Å². The standard InChI is InChI=1S/C5H10N2O/c6-7-2-5-1-4(7)3-8-5/h4-5H,1-3,6H2/t4-,5+/m0/s1. The van der Waals surface area contributed by atoms with Gasteiger partial charge < -0.3 is 4.74 Å². The number of fused-ring (bicyclic) bond motifs is 2. The van der Waals surface area contributed by atoms with Crippen LogP contribution in [0.4, 0.5) is 0 Å². The van der Waals surface area contributed by atoms with Gasteiger partial charge in [-0.05, 0) is 6.42 Å². The zero-order chi connectivity index (χ0) is 5.56. The average molecular weight is 114 g/mol. The van der Waals surface area contributed by atoms with E-state index in [2.05, 4.69) is 0 Å². The van der Waals surface area contributed by atoms with Crippen molar-refractivity contribution in [1.29, 1.82) is 0 Å². The fourth-order valence-corrected chi connectivity index (χ4v) is 1.43. The first kappa shape index (κ1) is 4.73. The Morgan fingerprint density at radius 3 is 2.75 bits per heavy atom. The topological polar surface area (TPSA) is 38.5 Å². The SMILES string of the molecule is NN1C[C@H]2C[C@H]1CO2. The van der Waals surface area contributed by atoms with E-state index in [0.717, 1.165) is 19.6 Å². The number of nitrogens with zero attached hydrogens (tertiary/aromatic N) is 1. The molecule has 8 heavy (non-hydrogen) atoms. The molecule has 0 unspecified atom stereocenters. The van der Waals surface area contributed by atoms with Gasteiger partial charge in [0.25, 0.3) is 0 Å². The Morgan fingerprint density at radius 1 is 1.62 bits per heavy atom. The molecule has 2 saturated heterocycles. The lowest BCUT2D eigenvalue weighted by molar-refractivity contribution is 0.0305. The largest absolute Gasteiger partial charge is 0.375 e. The molecular formula is C5H10N2O. The molecule has 0 spiro atoms. The van der Waals surface area contributed by atoms with Crippen LogP contribution in [0.15, 0.2) is 0 Å². The molecule has 2 fully saturated rings. The lowest BCUT2D eigenvalue weighted by atomic mass is 10.3. The van der Waals surface area contributed by atoms with Gasteiger partial charge in [-0.1, -0.05) is 0 Å². The summed E-state index contributed by atoms with van der Waals surface area (Å²) in [6.07, 6.45) is 1.60. The van der Waals surface area contributed by atoms with Crippen molar-refractivity contribution in [3.05, 3.63) is 0 Å². The van der Waals surface area contributed by atoms with E-state index < -0.39 is 0 Å². The Kier molecular flexibility index (Phi) is 0.848. The van der Waals surface area contributed by atoms with Crippen LogP contribution in [0.2, 0.25) is 0 Å². The molecule has 3 heteroatoms. The normalized spacial score (nSPS) is 46.1. The van der Waals surface area contributed by atoms with Crippen LogP contribution in [0.1, 0.15) is 6.42 Å². The van der Waals surface area contributed by atoms with Crippen molar-refractivity contribution in [3.8, 4) is 0 Å². The predicted molar refractivity (Wildman–Crippen MR) is 29.0 cm³/mol. The molecule has 46 valence electrons. The van der Waals surface area contributed by atoms with Crippen molar-refractivity contribution in [3.63, 3.8) is 0 Å². The van der Waals surface area contributed by atoms with Crippen LogP contribution in [-0.2, 0) is 4.74 Å². The number of rotatable bonds is 0. The highest BCUT2D eigenvalue weighted by molar-refractivity contribution is 4.88. The van der Waals surface area contributed by atoms with Crippen molar-refractivity contribution < 1.29 is 4.74 Å². The van der Waals surface area contributed by atoms with Gasteiger partial charge in [-0.15, -0.1) is 0 Å². The Labute approximate surface area is 48.4 Å². The third-order valence-corrected chi connectivity index (χ3v) is 1.94. The van der Waals surface area contributed by atoms with Gasteiger partial charge in [0, 0.05) is 6.54 Å². The van der Waals surface area contributed by atoms with Gasteiger partial charge in [0.05, 0.1) is 18.8 Å². The highest BCUT2D eigenvalue weighted by atomic mass is 16.5. The second-order valence-electron chi connectivity index (χ2n) is 2.54. The maximum Gasteiger partial charge on any atom is 0.0733 e. The van der Waals surface area contributed by atoms with Crippen LogP contribution in [0.25, 0.3) is 0 Å². The summed E-state index contributed by atoms with van der Waals surface area (Å²) >= 11 is 0. The first-order valence-electron chi connectivity index (χ1n) is 2.99. The third kappa shape index (κ3) is 0.491. The molecule has 0 radical (unpaired) electrons. The van der Waals surface area contributed by atoms with Crippen LogP contribution in [0.5, 0.6) is 0 Å². The summed E-state index contributed by atoms with van der Waals surface area (Å²) in [4.78, 5) is 0. The highest BCUT2D eigenvalue weighted by Gasteiger charge is 2.36. The quantitative estimate of drug-likeness (QED) is 0.425. The van der Waals surface area contributed by atoms with Crippen LogP contribution < -0.4 is 5.84 Å². The summed E-state index contributed by atoms with van der Waals surface area (Å²) in [5, 5.41) is 1.88. The summed E-state index contributed by atoms with van der Waals surface area (Å²) in [6, 6.07) is 0.528. The maximum absolute atomic E-state index is 5.57. The zero-order valence-electron chi connectivity index (χ0n) is 4.71. The number of nitrogens with two attached hydrogens (primary N) is 1. The van der Waals surface area contributed by atoms with Crippen LogP contribution in [0, 0.1) is 0 Å². The van der Waals surface area contributed by atoms with E-state index >= 15 is 0 Å². The third-order valence-electron chi connectivity index (χ3n) is 1.94. The van der Waals surface area contributed by atoms with Gasteiger partial charge in [0.1, 0.15) is 0 Å². The van der Waals surface area contributed by atoms with Gasteiger partial charge in [0.15, 0.2) is 0 Å². The van der Waals surface area contributed by atoms with Gasteiger partial charge in [-0.3, -0.25) is 5.84 Å². The number of hydrogen-bond acceptors (Lipinski definition) is 3. The highest BCUT2D eigenvalue weighted by Crippen LogP contribution is 2.24. The lowest BCUT2D eigenvalue weighted by Crippen LogP contribution is -2.41. The summed E-state index contributed by atoms with van der Waals surface area (Å²) in [6.45, 7) is 1.78. The fourth-order valence-electron chi connectivity index (χ4n) is 1.43. The number of morpholine rings is 1. The lowest BCUT2D eigenvalue weighted by Gasteiger charge is -2.20. The summed E-state index contributed by atoms with van der Waals surface area (Å²) in [5.74, 6) is 5.57. The molecule has 2 bridgehead atoms. The van der Waals surface area contributed by atoms with E-state index in [4.69, 9.17) is 10.6 Å². The monoisotopic (exact) mass is 114 g/mol. The van der Waals surface area contributed by atoms with E-state index in [0.29, 0.717) is 12.1 Å². The molecule has 0 amide bonds. The molecule has 0 aromatic carbocycles. The first-order chi connectivity index (χ1) is 3.86. The fraction of sp³-hybridized carbons (Fsp3) is 1.00. The first-order valence-corrected chi connectivity index (χ1v) is 2.99. The second kappa shape index (κ2) is 1.43. The van der Waals surface area contributed by atoms with Crippen molar-refractivity contribution >= 4 is 0 Å². The van der Waals surface area contributed by atoms with E-state index in [1.807, 2.05) is 5.01 Å². The Hall–Kier alpha value is -0.120. The van der Waals surface area contributed by atoms with Crippen molar-refractivity contribution in [2.45, 2.75) is 18.6 Å². The molecule has 0 aromatic heterocycles. The van der Waals surface area contributed by atoms with Crippen molar-refractivity contribution in [2.24, 2.45) is 5.84 Å². The van der Waals surface area contributed by atoms with Gasteiger partial charge in [-0.2, -0.15) is 0 Å². The smallest absolute Gasteiger partial charge is 0.0733 e. The minimum absolute atomic E-state index is 0.449. The molecular weight excluding hydrogens is 104 g/mol. The Balaban J connectivity index is 2.11. The molecule has 2 aliphatic heterocycles. The van der Waals surface area contributed by atoms with Crippen LogP contribution in [-0.4, -0.2) is 30.3 Å². The molecule has 0 saturated carbocycles. The van der Waals surface area contributed by atoms with E-state index in [-0.39, 0.29) is 0 Å². The second-order valence-corrected chi connectivity index (χ2v) is 2.54. The Bertz CT molecular complexity index is 105. The van der Waals surface area contributed by atoms with Gasteiger partial charge in [0.2, 0.25) is 0 Å². The molecule has 2 rings (SSSR count). The van der Waals surface area contributed by atoms with Crippen LogP contribution >= 0.6 is 0 Å². The van der Waals surface area contributed by atoms with E-state index in [9.17, 15) is 0 Å². The van der Waals surface area contributed by atoms with Crippen molar-refractivity contribution in [2.75, 3.05) is 13.2 Å². The average Bonchev–Trinajstić information content (AvgIpc) is 2.23. The number of hydrogen-bond donors (Lipinski definition) is 1. The summed E-state index contributed by atoms with van der Waals surface area (Å²) in [7, 11) is 0. The minimum atomic E-state index is 0.449. The van der Waals surface area contributed by atoms with Crippen LogP contribution in [0.3, 0.4) is 0 Å². The summed E-state index contributed by atoms with van der Waals surface area (Å²) in [5.41, 5.74) is 0. The molecule has 0 aliphatic carbocycles. The van der Waals surface area contributed by atoms with E-state index in [1.54, 1.807) is 0 Å². The molecule has 0 aromatic rings. The molecule has 2 heterocycles. The van der Waals surface area contributed by atoms with E-state index in [1.165, 1.54) is 0 Å². The van der Waals surface area contributed by atoms with Gasteiger partial charge in [-0.25, -0.2) is 5.01 Å².